The molecular formula is C29H34Cl2N4O4. The maximum atomic E-state index is 13.3. The van der Waals surface area contributed by atoms with Crippen molar-refractivity contribution in [3.63, 3.8) is 0 Å². The molecule has 39 heavy (non-hydrogen) atoms. The van der Waals surface area contributed by atoms with Gasteiger partial charge >= 0.3 is 0 Å². The fourth-order valence-electron chi connectivity index (χ4n) is 6.22. The first-order chi connectivity index (χ1) is 18.8. The average Bonchev–Trinajstić information content (AvgIpc) is 3.15. The molecule has 10 heteroatoms. The topological polar surface area (TPSA) is 105 Å². The molecule has 3 fully saturated rings. The summed E-state index contributed by atoms with van der Waals surface area (Å²) in [5.74, 6) is -0.992. The molecule has 5 rings (SSSR count). The number of halogens is 2. The van der Waals surface area contributed by atoms with Crippen molar-refractivity contribution in [2.75, 3.05) is 19.7 Å². The Morgan fingerprint density at radius 1 is 0.974 bits per heavy atom. The maximum absolute atomic E-state index is 13.3. The van der Waals surface area contributed by atoms with E-state index in [1.807, 2.05) is 12.1 Å². The van der Waals surface area contributed by atoms with Gasteiger partial charge in [-0.05, 0) is 74.4 Å². The first-order valence-corrected chi connectivity index (χ1v) is 14.3. The molecule has 0 spiro atoms. The van der Waals surface area contributed by atoms with E-state index in [4.69, 9.17) is 33.7 Å². The minimum absolute atomic E-state index is 0.0884. The highest BCUT2D eigenvalue weighted by Gasteiger charge is 2.41. The van der Waals surface area contributed by atoms with Gasteiger partial charge in [-0.3, -0.25) is 19.3 Å². The Kier molecular flexibility index (Phi) is 8.64. The molecule has 3 amide bonds. The average molecular weight is 574 g/mol. The maximum Gasteiger partial charge on any atom is 0.258 e. The molecule has 3 unspecified atom stereocenters. The molecule has 3 aliphatic rings. The van der Waals surface area contributed by atoms with Crippen molar-refractivity contribution in [3.8, 4) is 5.75 Å². The van der Waals surface area contributed by atoms with Crippen molar-refractivity contribution >= 4 is 40.9 Å². The Morgan fingerprint density at radius 3 is 2.36 bits per heavy atom. The predicted octanol–water partition coefficient (Wildman–Crippen LogP) is 4.02. The molecule has 8 nitrogen and oxygen atoms in total. The lowest BCUT2D eigenvalue weighted by Gasteiger charge is -2.39. The Balaban J connectivity index is 1.16. The number of piperidine rings is 2. The highest BCUT2D eigenvalue weighted by molar-refractivity contribution is 6.31. The third-order valence-corrected chi connectivity index (χ3v) is 8.66. The summed E-state index contributed by atoms with van der Waals surface area (Å²) in [6.07, 6.45) is 5.42. The molecule has 0 radical (unpaired) electrons. The lowest BCUT2D eigenvalue weighted by atomic mass is 9.96. The van der Waals surface area contributed by atoms with E-state index in [1.165, 1.54) is 5.56 Å². The molecular weight excluding hydrogens is 539 g/mol. The molecule has 2 aromatic rings. The molecule has 3 N–H and O–H groups in total. The number of fused-ring (bicyclic) bond motifs is 2. The van der Waals surface area contributed by atoms with Crippen LogP contribution in [0.5, 0.6) is 5.75 Å². The largest absolute Gasteiger partial charge is 0.483 e. The lowest BCUT2D eigenvalue weighted by molar-refractivity contribution is -0.124. The summed E-state index contributed by atoms with van der Waals surface area (Å²) >= 11 is 12.2. The Bertz CT molecular complexity index is 1210. The van der Waals surface area contributed by atoms with Crippen molar-refractivity contribution < 1.29 is 19.1 Å². The predicted molar refractivity (Wildman–Crippen MR) is 150 cm³/mol. The van der Waals surface area contributed by atoms with Gasteiger partial charge in [-0.1, -0.05) is 35.3 Å². The summed E-state index contributed by atoms with van der Waals surface area (Å²) in [4.78, 5) is 42.0. The number of hydrogen-bond donors (Lipinski definition) is 2. The summed E-state index contributed by atoms with van der Waals surface area (Å²) in [6.45, 7) is 1.47. The molecule has 3 atom stereocenters. The Labute approximate surface area is 238 Å². The van der Waals surface area contributed by atoms with E-state index in [9.17, 15) is 14.4 Å². The first-order valence-electron chi connectivity index (χ1n) is 13.6. The van der Waals surface area contributed by atoms with Crippen LogP contribution in [0.4, 0.5) is 0 Å². The number of primary amides is 1. The van der Waals surface area contributed by atoms with Crippen LogP contribution in [-0.2, 0) is 16.1 Å². The van der Waals surface area contributed by atoms with Crippen molar-refractivity contribution in [2.45, 2.75) is 63.2 Å². The molecule has 0 aliphatic carbocycles. The molecule has 2 aromatic carbocycles. The fraction of sp³-hybridized carbons (Fsp3) is 0.483. The summed E-state index contributed by atoms with van der Waals surface area (Å²) in [5.41, 5.74) is 6.99. The second-order valence-corrected chi connectivity index (χ2v) is 11.7. The number of nitrogens with one attached hydrogen (secondary N) is 1. The molecule has 208 valence electrons. The third-order valence-electron chi connectivity index (χ3n) is 8.17. The molecule has 0 aromatic heterocycles. The minimum atomic E-state index is -0.406. The molecule has 3 saturated heterocycles. The number of ether oxygens (including phenoxy) is 1. The number of benzene rings is 2. The van der Waals surface area contributed by atoms with Gasteiger partial charge in [0.1, 0.15) is 5.75 Å². The zero-order chi connectivity index (χ0) is 27.5. The minimum Gasteiger partial charge on any atom is -0.483 e. The van der Waals surface area contributed by atoms with Crippen molar-refractivity contribution in [1.29, 1.82) is 0 Å². The van der Waals surface area contributed by atoms with Gasteiger partial charge in [0.15, 0.2) is 6.61 Å². The fourth-order valence-corrected chi connectivity index (χ4v) is 6.52. The van der Waals surface area contributed by atoms with Crippen LogP contribution in [0.25, 0.3) is 0 Å². The number of nitrogens with two attached hydrogens (primary N) is 1. The van der Waals surface area contributed by atoms with Gasteiger partial charge in [0.2, 0.25) is 5.91 Å². The van der Waals surface area contributed by atoms with Crippen molar-refractivity contribution in [3.05, 3.63) is 63.6 Å². The smallest absolute Gasteiger partial charge is 0.258 e. The molecule has 0 saturated carbocycles. The molecule has 3 aliphatic heterocycles. The Morgan fingerprint density at radius 2 is 1.67 bits per heavy atom. The van der Waals surface area contributed by atoms with E-state index in [0.29, 0.717) is 42.2 Å². The van der Waals surface area contributed by atoms with Crippen LogP contribution in [0.3, 0.4) is 0 Å². The number of hydrogen-bond acceptors (Lipinski definition) is 5. The van der Waals surface area contributed by atoms with Crippen molar-refractivity contribution in [2.24, 2.45) is 11.7 Å². The third kappa shape index (κ3) is 6.68. The van der Waals surface area contributed by atoms with Gasteiger partial charge in [-0.25, -0.2) is 0 Å². The van der Waals surface area contributed by atoms with E-state index < -0.39 is 5.91 Å². The number of carbonyl (C=O) groups is 3. The first kappa shape index (κ1) is 27.7. The quantitative estimate of drug-likeness (QED) is 0.497. The SMILES string of the molecule is NC(=O)C1CCCN(C(=O)c2cc(Cl)ccc2OCC(=O)NC2CC3CCC(C2)N3Cc2ccc(Cl)cc2)C1. The van der Waals surface area contributed by atoms with E-state index in [2.05, 4.69) is 22.3 Å². The standard InChI is InChI=1S/C29H34Cl2N4O4/c30-20-5-3-18(4-6-20)15-35-23-8-9-24(35)14-22(13-23)33-27(36)17-39-26-10-7-21(31)12-25(26)29(38)34-11-1-2-19(16-34)28(32)37/h3-7,10,12,19,22-24H,1-2,8-9,11,13-17H2,(H2,32,37)(H,33,36). The zero-order valence-corrected chi connectivity index (χ0v) is 23.3. The number of rotatable bonds is 8. The van der Waals surface area contributed by atoms with Crippen LogP contribution in [0, 0.1) is 5.92 Å². The highest BCUT2D eigenvalue weighted by atomic mass is 35.5. The number of carbonyl (C=O) groups excluding carboxylic acids is 3. The normalized spacial score (nSPS) is 24.8. The van der Waals surface area contributed by atoms with Crippen LogP contribution in [-0.4, -0.2) is 65.3 Å². The van der Waals surface area contributed by atoms with Gasteiger partial charge < -0.3 is 20.7 Å². The van der Waals surface area contributed by atoms with Crippen LogP contribution in [0.2, 0.25) is 10.0 Å². The molecule has 2 bridgehead atoms. The van der Waals surface area contributed by atoms with Gasteiger partial charge in [0, 0.05) is 47.8 Å². The van der Waals surface area contributed by atoms with E-state index in [1.54, 1.807) is 23.1 Å². The van der Waals surface area contributed by atoms with Gasteiger partial charge in [0.05, 0.1) is 11.5 Å². The van der Waals surface area contributed by atoms with Gasteiger partial charge in [0.25, 0.3) is 11.8 Å². The van der Waals surface area contributed by atoms with Crippen LogP contribution >= 0.6 is 23.2 Å². The van der Waals surface area contributed by atoms with Gasteiger partial charge in [-0.15, -0.1) is 0 Å². The number of likely N-dealkylation sites (tertiary alicyclic amines) is 1. The monoisotopic (exact) mass is 572 g/mol. The van der Waals surface area contributed by atoms with Crippen LogP contribution < -0.4 is 15.8 Å². The van der Waals surface area contributed by atoms with Crippen LogP contribution in [0.15, 0.2) is 42.5 Å². The second kappa shape index (κ2) is 12.1. The lowest BCUT2D eigenvalue weighted by Crippen LogP contribution is -2.50. The second-order valence-electron chi connectivity index (χ2n) is 10.8. The summed E-state index contributed by atoms with van der Waals surface area (Å²) in [5, 5.41) is 4.27. The van der Waals surface area contributed by atoms with Crippen molar-refractivity contribution in [1.82, 2.24) is 15.1 Å². The summed E-state index contributed by atoms with van der Waals surface area (Å²) in [7, 11) is 0. The van der Waals surface area contributed by atoms with Crippen LogP contribution in [0.1, 0.15) is 54.4 Å². The number of nitrogens with zero attached hydrogens (tertiary/aromatic N) is 2. The Hall–Kier alpha value is -2.81. The van der Waals surface area contributed by atoms with Gasteiger partial charge in [-0.2, -0.15) is 0 Å². The van der Waals surface area contributed by atoms with E-state index >= 15 is 0 Å². The summed E-state index contributed by atoms with van der Waals surface area (Å²) < 4.78 is 5.83. The van der Waals surface area contributed by atoms with E-state index in [-0.39, 0.29) is 42.5 Å². The summed E-state index contributed by atoms with van der Waals surface area (Å²) in [6, 6.07) is 13.7. The van der Waals surface area contributed by atoms with E-state index in [0.717, 1.165) is 37.3 Å². The number of amides is 3. The zero-order valence-electron chi connectivity index (χ0n) is 21.8. The highest BCUT2D eigenvalue weighted by Crippen LogP contribution is 2.37. The molecule has 3 heterocycles.